The van der Waals surface area contributed by atoms with Crippen molar-refractivity contribution in [3.8, 4) is 5.75 Å². The zero-order chi connectivity index (χ0) is 9.30. The van der Waals surface area contributed by atoms with Crippen LogP contribution in [0.2, 0.25) is 0 Å². The molecule has 64 valence electrons. The number of carbonyl (C=O) groups is 1. The molecule has 3 N–H and O–H groups in total. The van der Waals surface area contributed by atoms with Crippen LogP contribution in [0.1, 0.15) is 22.8 Å². The summed E-state index contributed by atoms with van der Waals surface area (Å²) >= 11 is 0. The Balaban J connectivity index is 3.43. The van der Waals surface area contributed by atoms with Gasteiger partial charge >= 0.3 is 0 Å². The maximum atomic E-state index is 11.0. The van der Waals surface area contributed by atoms with E-state index in [9.17, 15) is 9.90 Å². The van der Waals surface area contributed by atoms with Crippen molar-refractivity contribution in [1.29, 1.82) is 0 Å². The number of phenolic OH excluding ortho intramolecular Hbond substituents is 1. The molecule has 1 aromatic carbocycles. The first-order valence-corrected chi connectivity index (χ1v) is 3.63. The quantitative estimate of drug-likeness (QED) is 0.489. The third kappa shape index (κ3) is 1.25. The van der Waals surface area contributed by atoms with Gasteiger partial charge in [-0.25, -0.2) is 0 Å². The van der Waals surface area contributed by atoms with Crippen molar-refractivity contribution in [3.63, 3.8) is 0 Å². The molecular formula is C9H11NO2. The molecule has 0 saturated carbocycles. The molecule has 0 aromatic heterocycles. The fraction of sp³-hybridized carbons (Fsp3) is 0.222. The number of phenols is 1. The molecule has 0 saturated heterocycles. The molecule has 0 fully saturated rings. The van der Waals surface area contributed by atoms with E-state index >= 15 is 0 Å². The van der Waals surface area contributed by atoms with Gasteiger partial charge in [-0.2, -0.15) is 0 Å². The summed E-state index contributed by atoms with van der Waals surface area (Å²) in [4.78, 5) is 11.0. The van der Waals surface area contributed by atoms with E-state index in [1.807, 2.05) is 0 Å². The van der Waals surface area contributed by atoms with Crippen molar-refractivity contribution in [2.45, 2.75) is 13.8 Å². The Hall–Kier alpha value is -1.51. The average Bonchev–Trinajstić information content (AvgIpc) is 1.97. The van der Waals surface area contributed by atoms with Crippen LogP contribution < -0.4 is 5.73 Å². The summed E-state index contributed by atoms with van der Waals surface area (Å²) in [6.07, 6.45) is 0. The molecule has 1 aromatic rings. The molecule has 3 nitrogen and oxygen atoms in total. The second kappa shape index (κ2) is 2.85. The summed E-state index contributed by atoms with van der Waals surface area (Å²) in [5.41, 5.74) is 6.99. The largest absolute Gasteiger partial charge is 0.507 e. The van der Waals surface area contributed by atoms with Gasteiger partial charge in [-0.15, -0.1) is 0 Å². The number of anilines is 1. The van der Waals surface area contributed by atoms with E-state index in [2.05, 4.69) is 0 Å². The van der Waals surface area contributed by atoms with Crippen LogP contribution in [-0.4, -0.2) is 10.9 Å². The van der Waals surface area contributed by atoms with Crippen molar-refractivity contribution in [2.75, 3.05) is 5.73 Å². The standard InChI is InChI=1S/C9H11NO2/c1-5-3-4-7(12)8(6(2)11)9(5)10/h3-4,12H,10H2,1-2H3. The molecule has 12 heavy (non-hydrogen) atoms. The fourth-order valence-electron chi connectivity index (χ4n) is 1.08. The van der Waals surface area contributed by atoms with E-state index in [1.165, 1.54) is 13.0 Å². The molecule has 3 heteroatoms. The van der Waals surface area contributed by atoms with Gasteiger partial charge in [0, 0.05) is 5.69 Å². The van der Waals surface area contributed by atoms with Gasteiger partial charge in [-0.3, -0.25) is 4.79 Å². The van der Waals surface area contributed by atoms with Crippen LogP contribution in [0.4, 0.5) is 5.69 Å². The first-order valence-electron chi connectivity index (χ1n) is 3.63. The van der Waals surface area contributed by atoms with Crippen LogP contribution in [0, 0.1) is 6.92 Å². The Morgan fingerprint density at radius 3 is 2.50 bits per heavy atom. The third-order valence-electron chi connectivity index (χ3n) is 1.79. The van der Waals surface area contributed by atoms with E-state index in [-0.39, 0.29) is 17.1 Å². The summed E-state index contributed by atoms with van der Waals surface area (Å²) in [7, 11) is 0. The monoisotopic (exact) mass is 165 g/mol. The van der Waals surface area contributed by atoms with Crippen molar-refractivity contribution in [3.05, 3.63) is 23.3 Å². The highest BCUT2D eigenvalue weighted by Crippen LogP contribution is 2.26. The lowest BCUT2D eigenvalue weighted by molar-refractivity contribution is 0.101. The maximum absolute atomic E-state index is 11.0. The van der Waals surface area contributed by atoms with Gasteiger partial charge in [-0.05, 0) is 25.5 Å². The maximum Gasteiger partial charge on any atom is 0.165 e. The van der Waals surface area contributed by atoms with Gasteiger partial charge in [-0.1, -0.05) is 6.07 Å². The highest BCUT2D eigenvalue weighted by atomic mass is 16.3. The second-order valence-corrected chi connectivity index (χ2v) is 2.75. The van der Waals surface area contributed by atoms with Crippen LogP contribution in [0.25, 0.3) is 0 Å². The SMILES string of the molecule is CC(=O)c1c(O)ccc(C)c1N. The second-order valence-electron chi connectivity index (χ2n) is 2.75. The lowest BCUT2D eigenvalue weighted by Crippen LogP contribution is -2.01. The molecule has 0 bridgehead atoms. The van der Waals surface area contributed by atoms with Crippen LogP contribution in [0.3, 0.4) is 0 Å². The van der Waals surface area contributed by atoms with E-state index in [0.29, 0.717) is 5.69 Å². The van der Waals surface area contributed by atoms with Crippen molar-refractivity contribution < 1.29 is 9.90 Å². The smallest absolute Gasteiger partial charge is 0.165 e. The Labute approximate surface area is 70.8 Å². The molecule has 0 aliphatic carbocycles. The van der Waals surface area contributed by atoms with Gasteiger partial charge in [0.1, 0.15) is 5.75 Å². The van der Waals surface area contributed by atoms with Crippen molar-refractivity contribution >= 4 is 11.5 Å². The Morgan fingerprint density at radius 1 is 1.50 bits per heavy atom. The van der Waals surface area contributed by atoms with E-state index < -0.39 is 0 Å². The first-order chi connectivity index (χ1) is 5.54. The minimum absolute atomic E-state index is 0.0504. The Morgan fingerprint density at radius 2 is 2.08 bits per heavy atom. The summed E-state index contributed by atoms with van der Waals surface area (Å²) < 4.78 is 0. The van der Waals surface area contributed by atoms with Crippen LogP contribution in [-0.2, 0) is 0 Å². The molecule has 0 amide bonds. The zero-order valence-electron chi connectivity index (χ0n) is 7.09. The Kier molecular flexibility index (Phi) is 2.04. The fourth-order valence-corrected chi connectivity index (χ4v) is 1.08. The predicted molar refractivity (Wildman–Crippen MR) is 47.3 cm³/mol. The van der Waals surface area contributed by atoms with Crippen LogP contribution in [0.5, 0.6) is 5.75 Å². The average molecular weight is 165 g/mol. The van der Waals surface area contributed by atoms with Crippen LogP contribution in [0.15, 0.2) is 12.1 Å². The van der Waals surface area contributed by atoms with Gasteiger partial charge < -0.3 is 10.8 Å². The number of hydrogen-bond donors (Lipinski definition) is 2. The number of aromatic hydroxyl groups is 1. The van der Waals surface area contributed by atoms with Crippen LogP contribution >= 0.6 is 0 Å². The van der Waals surface area contributed by atoms with E-state index in [4.69, 9.17) is 5.73 Å². The topological polar surface area (TPSA) is 63.3 Å². The van der Waals surface area contributed by atoms with Gasteiger partial charge in [0.15, 0.2) is 5.78 Å². The van der Waals surface area contributed by atoms with Gasteiger partial charge in [0.25, 0.3) is 0 Å². The number of benzene rings is 1. The minimum atomic E-state index is -0.214. The molecule has 0 spiro atoms. The number of rotatable bonds is 1. The van der Waals surface area contributed by atoms with Gasteiger partial charge in [0.2, 0.25) is 0 Å². The van der Waals surface area contributed by atoms with Crippen molar-refractivity contribution in [2.24, 2.45) is 0 Å². The summed E-state index contributed by atoms with van der Waals surface area (Å²) in [6.45, 7) is 3.17. The number of carbonyl (C=O) groups excluding carboxylic acids is 1. The molecule has 0 aliphatic heterocycles. The highest BCUT2D eigenvalue weighted by Gasteiger charge is 2.11. The number of Topliss-reactive ketones (excluding diaryl/α,β-unsaturated/α-hetero) is 1. The summed E-state index contributed by atoms with van der Waals surface area (Å²) in [6, 6.07) is 3.15. The summed E-state index contributed by atoms with van der Waals surface area (Å²) in [5, 5.41) is 9.29. The predicted octanol–water partition coefficient (Wildman–Crippen LogP) is 1.49. The number of hydrogen-bond acceptors (Lipinski definition) is 3. The highest BCUT2D eigenvalue weighted by molar-refractivity contribution is 6.02. The van der Waals surface area contributed by atoms with Gasteiger partial charge in [0.05, 0.1) is 5.56 Å². The minimum Gasteiger partial charge on any atom is -0.507 e. The number of nitrogens with two attached hydrogens (primary N) is 1. The number of ketones is 1. The number of aryl methyl sites for hydroxylation is 1. The molecule has 0 unspecified atom stereocenters. The number of nitrogen functional groups attached to an aromatic ring is 1. The first kappa shape index (κ1) is 8.59. The molecule has 0 radical (unpaired) electrons. The lowest BCUT2D eigenvalue weighted by atomic mass is 10.0. The third-order valence-corrected chi connectivity index (χ3v) is 1.79. The Bertz CT molecular complexity index is 332. The molecule has 0 heterocycles. The molecule has 1 rings (SSSR count). The molecular weight excluding hydrogens is 154 g/mol. The summed E-state index contributed by atoms with van der Waals surface area (Å²) in [5.74, 6) is -0.265. The van der Waals surface area contributed by atoms with E-state index in [1.54, 1.807) is 13.0 Å². The molecule has 0 atom stereocenters. The normalized spacial score (nSPS) is 9.83. The van der Waals surface area contributed by atoms with E-state index in [0.717, 1.165) is 5.56 Å². The zero-order valence-corrected chi connectivity index (χ0v) is 7.09. The lowest BCUT2D eigenvalue weighted by Gasteiger charge is -2.06. The van der Waals surface area contributed by atoms with Crippen molar-refractivity contribution in [1.82, 2.24) is 0 Å². The molecule has 0 aliphatic rings.